The molecule has 3 aliphatic rings. The van der Waals surface area contributed by atoms with E-state index in [-0.39, 0.29) is 17.9 Å². The largest absolute Gasteiger partial charge is 0.371 e. The molecule has 3 fully saturated rings. The fourth-order valence-corrected chi connectivity index (χ4v) is 6.04. The van der Waals surface area contributed by atoms with E-state index in [1.807, 2.05) is 29.1 Å². The molecule has 31 heavy (non-hydrogen) atoms. The van der Waals surface area contributed by atoms with Gasteiger partial charge in [0.05, 0.1) is 40.6 Å². The van der Waals surface area contributed by atoms with Crippen molar-refractivity contribution in [2.24, 2.45) is 5.92 Å². The van der Waals surface area contributed by atoms with E-state index >= 15 is 0 Å². The van der Waals surface area contributed by atoms with Gasteiger partial charge in [-0.3, -0.25) is 4.79 Å². The highest BCUT2D eigenvalue weighted by Crippen LogP contribution is 2.45. The Morgan fingerprint density at radius 2 is 1.97 bits per heavy atom. The molecule has 1 aliphatic heterocycles. The van der Waals surface area contributed by atoms with Gasteiger partial charge in [0.2, 0.25) is 5.91 Å². The van der Waals surface area contributed by atoms with Crippen LogP contribution in [0.3, 0.4) is 0 Å². The van der Waals surface area contributed by atoms with Crippen LogP contribution in [0, 0.1) is 5.92 Å². The third kappa shape index (κ3) is 3.79. The Kier molecular flexibility index (Phi) is 5.78. The van der Waals surface area contributed by atoms with E-state index in [2.05, 4.69) is 23.8 Å². The number of likely N-dealkylation sites (tertiary alicyclic amines) is 1. The number of benzene rings is 1. The number of carbonyl (C=O) groups is 1. The number of amides is 1. The monoisotopic (exact) mass is 461 g/mol. The lowest BCUT2D eigenvalue weighted by molar-refractivity contribution is -0.143. The summed E-state index contributed by atoms with van der Waals surface area (Å²) in [6.07, 6.45) is 8.24. The summed E-state index contributed by atoms with van der Waals surface area (Å²) in [7, 11) is 0. The van der Waals surface area contributed by atoms with Crippen molar-refractivity contribution in [2.45, 2.75) is 83.1 Å². The minimum atomic E-state index is -0.0281. The lowest BCUT2D eigenvalue weighted by atomic mass is 10.0. The summed E-state index contributed by atoms with van der Waals surface area (Å²) in [4.78, 5) is 15.1. The van der Waals surface area contributed by atoms with Gasteiger partial charge in [-0.2, -0.15) is 5.10 Å². The quantitative estimate of drug-likeness (QED) is 0.502. The zero-order chi connectivity index (χ0) is 21.7. The molecule has 166 valence electrons. The highest BCUT2D eigenvalue weighted by Gasteiger charge is 2.52. The average Bonchev–Trinajstić information content (AvgIpc) is 3.24. The van der Waals surface area contributed by atoms with Crippen LogP contribution in [0.25, 0.3) is 5.69 Å². The maximum Gasteiger partial charge on any atom is 0.228 e. The summed E-state index contributed by atoms with van der Waals surface area (Å²) in [5.74, 6) is 0.780. The van der Waals surface area contributed by atoms with Crippen molar-refractivity contribution in [3.63, 3.8) is 0 Å². The number of halogens is 2. The molecule has 2 heterocycles. The van der Waals surface area contributed by atoms with E-state index in [0.717, 1.165) is 31.4 Å². The van der Waals surface area contributed by atoms with Gasteiger partial charge in [0.25, 0.3) is 0 Å². The molecule has 5 rings (SSSR count). The van der Waals surface area contributed by atoms with E-state index < -0.39 is 0 Å². The van der Waals surface area contributed by atoms with Crippen LogP contribution < -0.4 is 0 Å². The Bertz CT molecular complexity index is 967. The summed E-state index contributed by atoms with van der Waals surface area (Å²) >= 11 is 12.9. The highest BCUT2D eigenvalue weighted by molar-refractivity contribution is 6.37. The number of fused-ring (bicyclic) bond motifs is 2. The van der Waals surface area contributed by atoms with Crippen LogP contribution in [0.1, 0.15) is 69.5 Å². The third-order valence-electron chi connectivity index (χ3n) is 7.13. The molecule has 7 heteroatoms. The van der Waals surface area contributed by atoms with Gasteiger partial charge in [0.15, 0.2) is 0 Å². The number of aromatic nitrogens is 2. The summed E-state index contributed by atoms with van der Waals surface area (Å²) < 4.78 is 8.24. The second-order valence-electron chi connectivity index (χ2n) is 9.27. The first-order valence-corrected chi connectivity index (χ1v) is 12.2. The first-order valence-electron chi connectivity index (χ1n) is 11.4. The number of rotatable bonds is 8. The minimum absolute atomic E-state index is 0.0195. The zero-order valence-corrected chi connectivity index (χ0v) is 19.6. The van der Waals surface area contributed by atoms with Crippen LogP contribution in [-0.4, -0.2) is 38.8 Å². The molecule has 2 aliphatic carbocycles. The second kappa shape index (κ2) is 8.42. The van der Waals surface area contributed by atoms with Gasteiger partial charge in [-0.1, -0.05) is 42.6 Å². The second-order valence-corrected chi connectivity index (χ2v) is 10.1. The van der Waals surface area contributed by atoms with E-state index in [1.165, 1.54) is 18.4 Å². The van der Waals surface area contributed by atoms with Gasteiger partial charge in [-0.25, -0.2) is 4.68 Å². The van der Waals surface area contributed by atoms with Crippen molar-refractivity contribution in [1.29, 1.82) is 0 Å². The van der Waals surface area contributed by atoms with Crippen molar-refractivity contribution < 1.29 is 9.53 Å². The number of para-hydroxylation sites is 1. The normalized spacial score (nSPS) is 26.1. The molecule has 2 bridgehead atoms. The van der Waals surface area contributed by atoms with Gasteiger partial charge in [-0.15, -0.1) is 0 Å². The van der Waals surface area contributed by atoms with Gasteiger partial charge in [-0.05, 0) is 62.6 Å². The van der Waals surface area contributed by atoms with E-state index in [1.54, 1.807) is 0 Å². The molecule has 1 aromatic carbocycles. The fraction of sp³-hybridized carbons (Fsp3) is 0.583. The number of carbonyl (C=O) groups excluding carboxylic acids is 1. The van der Waals surface area contributed by atoms with Gasteiger partial charge < -0.3 is 9.64 Å². The number of nitrogens with zero attached hydrogens (tertiary/aromatic N) is 3. The Balaban J connectivity index is 1.35. The van der Waals surface area contributed by atoms with Crippen molar-refractivity contribution in [3.8, 4) is 5.69 Å². The van der Waals surface area contributed by atoms with Crippen LogP contribution in [0.2, 0.25) is 10.0 Å². The third-order valence-corrected chi connectivity index (χ3v) is 7.74. The van der Waals surface area contributed by atoms with Crippen molar-refractivity contribution in [1.82, 2.24) is 14.7 Å². The summed E-state index contributed by atoms with van der Waals surface area (Å²) in [5.41, 5.74) is 2.91. The highest BCUT2D eigenvalue weighted by atomic mass is 35.5. The standard InChI is InChI=1S/C24H29Cl2N3O2/c1-3-5-14(2)28-16-10-17(24(28)30)22(11-16)31-13-21-18(15-8-9-15)12-27-29(21)23-19(25)6-4-7-20(23)26/h4,6-7,12,14-17,22H,3,5,8-11,13H2,1-2H3/t14?,16-,17+,22+/m0/s1. The summed E-state index contributed by atoms with van der Waals surface area (Å²) in [5, 5.41) is 5.76. The summed E-state index contributed by atoms with van der Waals surface area (Å²) in [6.45, 7) is 4.76. The van der Waals surface area contributed by atoms with E-state index in [4.69, 9.17) is 27.9 Å². The molecule has 1 amide bonds. The molecule has 1 aromatic heterocycles. The number of hydrogen-bond acceptors (Lipinski definition) is 3. The van der Waals surface area contributed by atoms with Gasteiger partial charge in [0, 0.05) is 12.1 Å². The predicted octanol–water partition coefficient (Wildman–Crippen LogP) is 5.75. The van der Waals surface area contributed by atoms with Crippen LogP contribution in [0.5, 0.6) is 0 Å². The lowest BCUT2D eigenvalue weighted by Gasteiger charge is -2.35. The van der Waals surface area contributed by atoms with Crippen LogP contribution in [0.4, 0.5) is 0 Å². The molecule has 0 N–H and O–H groups in total. The summed E-state index contributed by atoms with van der Waals surface area (Å²) in [6, 6.07) is 6.12. The lowest BCUT2D eigenvalue weighted by Crippen LogP contribution is -2.47. The molecule has 1 unspecified atom stereocenters. The molecule has 2 aromatic rings. The molecule has 4 atom stereocenters. The van der Waals surface area contributed by atoms with Gasteiger partial charge in [0.1, 0.15) is 5.69 Å². The zero-order valence-electron chi connectivity index (χ0n) is 18.1. The fourth-order valence-electron chi connectivity index (χ4n) is 5.49. The minimum Gasteiger partial charge on any atom is -0.371 e. The predicted molar refractivity (Wildman–Crippen MR) is 122 cm³/mol. The molecule has 0 spiro atoms. The smallest absolute Gasteiger partial charge is 0.228 e. The molecular weight excluding hydrogens is 433 g/mol. The first-order chi connectivity index (χ1) is 15.0. The number of hydrogen-bond donors (Lipinski definition) is 0. The number of piperidine rings is 1. The maximum atomic E-state index is 13.0. The first kappa shape index (κ1) is 21.3. The number of ether oxygens (including phenoxy) is 1. The van der Waals surface area contributed by atoms with Gasteiger partial charge >= 0.3 is 0 Å². The topological polar surface area (TPSA) is 47.4 Å². The Morgan fingerprint density at radius 3 is 2.61 bits per heavy atom. The van der Waals surface area contributed by atoms with E-state index in [0.29, 0.717) is 40.3 Å². The Hall–Kier alpha value is -1.56. The molecular formula is C24H29Cl2N3O2. The Labute approximate surface area is 193 Å². The van der Waals surface area contributed by atoms with Crippen molar-refractivity contribution in [2.75, 3.05) is 0 Å². The van der Waals surface area contributed by atoms with Crippen LogP contribution in [0.15, 0.2) is 24.4 Å². The molecule has 5 nitrogen and oxygen atoms in total. The molecule has 2 saturated carbocycles. The van der Waals surface area contributed by atoms with E-state index in [9.17, 15) is 4.79 Å². The average molecular weight is 462 g/mol. The van der Waals surface area contributed by atoms with Crippen molar-refractivity contribution >= 4 is 29.1 Å². The van der Waals surface area contributed by atoms with Crippen molar-refractivity contribution in [3.05, 3.63) is 45.7 Å². The SMILES string of the molecule is CCCC(C)N1C(=O)[C@@H]2C[C@H]1C[C@H]2OCc1c(C2CC2)cnn1-c1c(Cl)cccc1Cl. The van der Waals surface area contributed by atoms with Crippen LogP contribution in [-0.2, 0) is 16.1 Å². The van der Waals surface area contributed by atoms with Crippen LogP contribution >= 0.6 is 23.2 Å². The maximum absolute atomic E-state index is 13.0. The Morgan fingerprint density at radius 1 is 1.23 bits per heavy atom. The molecule has 0 radical (unpaired) electrons. The molecule has 1 saturated heterocycles.